The van der Waals surface area contributed by atoms with E-state index in [9.17, 15) is 13.2 Å². The van der Waals surface area contributed by atoms with E-state index in [-0.39, 0.29) is 11.5 Å². The Labute approximate surface area is 88.8 Å². The molecule has 1 heterocycles. The van der Waals surface area contributed by atoms with E-state index in [4.69, 9.17) is 5.73 Å². The molecule has 0 amide bonds. The van der Waals surface area contributed by atoms with Crippen LogP contribution in [0.4, 0.5) is 19.1 Å². The molecule has 0 bridgehead atoms. The molecule has 0 aliphatic carbocycles. The average molecular weight is 225 g/mol. The fraction of sp³-hybridized carbons (Fsp3) is 0. The minimum Gasteiger partial charge on any atom is -0.368 e. The summed E-state index contributed by atoms with van der Waals surface area (Å²) >= 11 is 0. The molecule has 0 spiro atoms. The molecule has 2 rings (SSSR count). The zero-order valence-electron chi connectivity index (χ0n) is 7.92. The standard InChI is InChI=1S/C10H6F3N3/c11-7-1-5(2-8(12)9(7)13)6-3-15-10(14)16-4-6/h1-4H,(H2,14,15,16). The maximum atomic E-state index is 12.9. The number of halogens is 3. The van der Waals surface area contributed by atoms with Gasteiger partial charge in [0.1, 0.15) is 0 Å². The molecule has 0 fully saturated rings. The number of anilines is 1. The molecule has 6 heteroatoms. The van der Waals surface area contributed by atoms with Crippen molar-refractivity contribution in [3.63, 3.8) is 0 Å². The van der Waals surface area contributed by atoms with E-state index >= 15 is 0 Å². The third-order valence-electron chi connectivity index (χ3n) is 1.99. The Balaban J connectivity index is 2.52. The molecular formula is C10H6F3N3. The first-order valence-corrected chi connectivity index (χ1v) is 4.30. The summed E-state index contributed by atoms with van der Waals surface area (Å²) in [7, 11) is 0. The first-order chi connectivity index (χ1) is 7.58. The molecule has 82 valence electrons. The van der Waals surface area contributed by atoms with E-state index in [2.05, 4.69) is 9.97 Å². The van der Waals surface area contributed by atoms with Gasteiger partial charge in [0.05, 0.1) is 0 Å². The van der Waals surface area contributed by atoms with Gasteiger partial charge in [-0.15, -0.1) is 0 Å². The normalized spacial score (nSPS) is 10.4. The number of hydrogen-bond acceptors (Lipinski definition) is 3. The Morgan fingerprint density at radius 1 is 0.875 bits per heavy atom. The summed E-state index contributed by atoms with van der Waals surface area (Å²) in [6, 6.07) is 1.74. The lowest BCUT2D eigenvalue weighted by Crippen LogP contribution is -1.95. The van der Waals surface area contributed by atoms with Crippen molar-refractivity contribution in [2.75, 3.05) is 5.73 Å². The second-order valence-electron chi connectivity index (χ2n) is 3.08. The Kier molecular flexibility index (Phi) is 2.47. The van der Waals surface area contributed by atoms with Gasteiger partial charge in [-0.3, -0.25) is 0 Å². The number of hydrogen-bond donors (Lipinski definition) is 1. The Hall–Kier alpha value is -2.11. The molecule has 0 saturated carbocycles. The lowest BCUT2D eigenvalue weighted by Gasteiger charge is -2.02. The molecule has 1 aromatic heterocycles. The quantitative estimate of drug-likeness (QED) is 0.756. The number of benzene rings is 1. The molecular weight excluding hydrogens is 219 g/mol. The monoisotopic (exact) mass is 225 g/mol. The van der Waals surface area contributed by atoms with Crippen LogP contribution in [0.25, 0.3) is 11.1 Å². The molecule has 16 heavy (non-hydrogen) atoms. The second kappa shape index (κ2) is 3.80. The van der Waals surface area contributed by atoms with Crippen LogP contribution >= 0.6 is 0 Å². The van der Waals surface area contributed by atoms with E-state index in [0.717, 1.165) is 12.1 Å². The van der Waals surface area contributed by atoms with E-state index in [1.165, 1.54) is 12.4 Å². The fourth-order valence-corrected chi connectivity index (χ4v) is 1.21. The molecule has 2 N–H and O–H groups in total. The summed E-state index contributed by atoms with van der Waals surface area (Å²) in [6.45, 7) is 0. The van der Waals surface area contributed by atoms with Crippen LogP contribution in [0.1, 0.15) is 0 Å². The summed E-state index contributed by atoms with van der Waals surface area (Å²) in [6.07, 6.45) is 2.60. The maximum absolute atomic E-state index is 12.9. The molecule has 0 aliphatic rings. The lowest BCUT2D eigenvalue weighted by molar-refractivity contribution is 0.447. The zero-order chi connectivity index (χ0) is 11.7. The number of nitrogen functional groups attached to an aromatic ring is 1. The molecule has 0 unspecified atom stereocenters. The van der Waals surface area contributed by atoms with Gasteiger partial charge < -0.3 is 5.73 Å². The summed E-state index contributed by atoms with van der Waals surface area (Å²) in [5, 5.41) is 0. The summed E-state index contributed by atoms with van der Waals surface area (Å²) in [5.74, 6) is -3.97. The highest BCUT2D eigenvalue weighted by Crippen LogP contribution is 2.22. The van der Waals surface area contributed by atoms with Crippen LogP contribution in [0.3, 0.4) is 0 Å². The van der Waals surface area contributed by atoms with Crippen LogP contribution < -0.4 is 5.73 Å². The number of nitrogens with two attached hydrogens (primary N) is 1. The Bertz CT molecular complexity index is 502. The van der Waals surface area contributed by atoms with Gasteiger partial charge in [-0.25, -0.2) is 23.1 Å². The van der Waals surface area contributed by atoms with Crippen molar-refractivity contribution in [3.8, 4) is 11.1 Å². The number of nitrogens with zero attached hydrogens (tertiary/aromatic N) is 2. The van der Waals surface area contributed by atoms with Crippen molar-refractivity contribution < 1.29 is 13.2 Å². The molecule has 2 aromatic rings. The highest BCUT2D eigenvalue weighted by molar-refractivity contribution is 5.62. The fourth-order valence-electron chi connectivity index (χ4n) is 1.21. The van der Waals surface area contributed by atoms with E-state index < -0.39 is 17.5 Å². The van der Waals surface area contributed by atoms with Gasteiger partial charge in [-0.05, 0) is 17.7 Å². The summed E-state index contributed by atoms with van der Waals surface area (Å²) < 4.78 is 38.5. The zero-order valence-corrected chi connectivity index (χ0v) is 7.92. The number of aromatic nitrogens is 2. The lowest BCUT2D eigenvalue weighted by atomic mass is 10.1. The van der Waals surface area contributed by atoms with Crippen molar-refractivity contribution in [2.45, 2.75) is 0 Å². The van der Waals surface area contributed by atoms with Crippen molar-refractivity contribution in [1.82, 2.24) is 9.97 Å². The molecule has 0 saturated heterocycles. The highest BCUT2D eigenvalue weighted by atomic mass is 19.2. The van der Waals surface area contributed by atoms with Gasteiger partial charge >= 0.3 is 0 Å². The van der Waals surface area contributed by atoms with Gasteiger partial charge in [0.25, 0.3) is 0 Å². The topological polar surface area (TPSA) is 51.8 Å². The van der Waals surface area contributed by atoms with Crippen molar-refractivity contribution in [1.29, 1.82) is 0 Å². The molecule has 3 nitrogen and oxygen atoms in total. The van der Waals surface area contributed by atoms with E-state index in [0.29, 0.717) is 5.56 Å². The first kappa shape index (κ1) is 10.4. The minimum atomic E-state index is -1.50. The van der Waals surface area contributed by atoms with Crippen LogP contribution in [-0.2, 0) is 0 Å². The molecule has 0 radical (unpaired) electrons. The Morgan fingerprint density at radius 3 is 1.88 bits per heavy atom. The van der Waals surface area contributed by atoms with Crippen molar-refractivity contribution >= 4 is 5.95 Å². The van der Waals surface area contributed by atoms with Crippen LogP contribution in [0, 0.1) is 17.5 Å². The molecule has 1 aromatic carbocycles. The van der Waals surface area contributed by atoms with Gasteiger partial charge in [-0.2, -0.15) is 0 Å². The highest BCUT2D eigenvalue weighted by Gasteiger charge is 2.11. The van der Waals surface area contributed by atoms with E-state index in [1.54, 1.807) is 0 Å². The second-order valence-corrected chi connectivity index (χ2v) is 3.08. The van der Waals surface area contributed by atoms with Gasteiger partial charge in [0.2, 0.25) is 5.95 Å². The van der Waals surface area contributed by atoms with Crippen LogP contribution in [0.5, 0.6) is 0 Å². The third kappa shape index (κ3) is 1.81. The van der Waals surface area contributed by atoms with Crippen molar-refractivity contribution in [2.24, 2.45) is 0 Å². The first-order valence-electron chi connectivity index (χ1n) is 4.30. The van der Waals surface area contributed by atoms with Crippen LogP contribution in [0.15, 0.2) is 24.5 Å². The SMILES string of the molecule is Nc1ncc(-c2cc(F)c(F)c(F)c2)cn1. The minimum absolute atomic E-state index is 0.0480. The summed E-state index contributed by atoms with van der Waals surface area (Å²) in [4.78, 5) is 7.33. The smallest absolute Gasteiger partial charge is 0.219 e. The predicted octanol–water partition coefficient (Wildman–Crippen LogP) is 2.14. The largest absolute Gasteiger partial charge is 0.368 e. The number of rotatable bonds is 1. The maximum Gasteiger partial charge on any atom is 0.219 e. The molecule has 0 aliphatic heterocycles. The van der Waals surface area contributed by atoms with Gasteiger partial charge in [0.15, 0.2) is 17.5 Å². The molecule has 0 atom stereocenters. The van der Waals surface area contributed by atoms with Crippen LogP contribution in [-0.4, -0.2) is 9.97 Å². The third-order valence-corrected chi connectivity index (χ3v) is 1.99. The van der Waals surface area contributed by atoms with Crippen LogP contribution in [0.2, 0.25) is 0 Å². The Morgan fingerprint density at radius 2 is 1.38 bits per heavy atom. The van der Waals surface area contributed by atoms with Crippen molar-refractivity contribution in [3.05, 3.63) is 42.0 Å². The van der Waals surface area contributed by atoms with Gasteiger partial charge in [0, 0.05) is 18.0 Å². The predicted molar refractivity (Wildman–Crippen MR) is 51.8 cm³/mol. The summed E-state index contributed by atoms with van der Waals surface area (Å²) in [5.41, 5.74) is 5.76. The van der Waals surface area contributed by atoms with Gasteiger partial charge in [-0.1, -0.05) is 0 Å². The van der Waals surface area contributed by atoms with E-state index in [1.807, 2.05) is 0 Å². The average Bonchev–Trinajstić information content (AvgIpc) is 2.26.